The van der Waals surface area contributed by atoms with Crippen molar-refractivity contribution in [3.8, 4) is 0 Å². The molecular weight excluding hydrogens is 460 g/mol. The summed E-state index contributed by atoms with van der Waals surface area (Å²) in [7, 11) is 0. The van der Waals surface area contributed by atoms with Crippen molar-refractivity contribution in [2.24, 2.45) is 0 Å². The second-order valence-electron chi connectivity index (χ2n) is 8.01. The van der Waals surface area contributed by atoms with Crippen molar-refractivity contribution in [2.75, 3.05) is 10.6 Å². The van der Waals surface area contributed by atoms with Crippen LogP contribution >= 0.6 is 11.8 Å². The van der Waals surface area contributed by atoms with Crippen molar-refractivity contribution in [3.05, 3.63) is 101 Å². The predicted molar refractivity (Wildman–Crippen MR) is 141 cm³/mol. The molecule has 7 heteroatoms. The molecule has 3 rings (SSSR count). The number of amides is 2. The zero-order valence-electron chi connectivity index (χ0n) is 19.9. The average molecular weight is 489 g/mol. The van der Waals surface area contributed by atoms with Crippen molar-refractivity contribution >= 4 is 40.9 Å². The van der Waals surface area contributed by atoms with E-state index in [-0.39, 0.29) is 11.5 Å². The molecule has 0 unspecified atom stereocenters. The fourth-order valence-electron chi connectivity index (χ4n) is 3.48. The fraction of sp³-hybridized carbons (Fsp3) is 0.179. The number of hydrogen-bond donors (Lipinski definition) is 3. The lowest BCUT2D eigenvalue weighted by atomic mass is 10.1. The minimum atomic E-state index is -1.14. The summed E-state index contributed by atoms with van der Waals surface area (Å²) < 4.78 is 0. The molecule has 0 aliphatic rings. The van der Waals surface area contributed by atoms with Gasteiger partial charge < -0.3 is 15.7 Å². The summed E-state index contributed by atoms with van der Waals surface area (Å²) >= 11 is 1.42. The van der Waals surface area contributed by atoms with Crippen LogP contribution in [0.1, 0.15) is 35.8 Å². The third-order valence-corrected chi connectivity index (χ3v) is 6.66. The van der Waals surface area contributed by atoms with E-state index in [4.69, 9.17) is 5.11 Å². The van der Waals surface area contributed by atoms with E-state index < -0.39 is 17.1 Å². The number of carboxylic acids is 1. The first-order valence-corrected chi connectivity index (χ1v) is 12.1. The normalized spacial score (nSPS) is 12.0. The maximum atomic E-state index is 13.5. The van der Waals surface area contributed by atoms with E-state index in [0.29, 0.717) is 5.69 Å². The number of carbonyl (C=O) groups excluding carboxylic acids is 2. The Morgan fingerprint density at radius 2 is 1.63 bits per heavy atom. The van der Waals surface area contributed by atoms with Gasteiger partial charge >= 0.3 is 5.97 Å². The van der Waals surface area contributed by atoms with Gasteiger partial charge in [-0.05, 0) is 61.2 Å². The van der Waals surface area contributed by atoms with E-state index in [1.54, 1.807) is 12.1 Å². The summed E-state index contributed by atoms with van der Waals surface area (Å²) in [5, 5.41) is 14.2. The third kappa shape index (κ3) is 7.07. The molecule has 3 aromatic carbocycles. The SMILES string of the molecule is CCc1cccc(C)c1NC(=O)[C@H](Sc1ccc(NC(=O)/C=C(\C)C(=O)O)cc1)c1ccccc1. The molecule has 0 heterocycles. The molecule has 1 atom stereocenters. The van der Waals surface area contributed by atoms with E-state index in [9.17, 15) is 14.4 Å². The van der Waals surface area contributed by atoms with Crippen LogP contribution in [-0.2, 0) is 20.8 Å². The third-order valence-electron chi connectivity index (χ3n) is 5.39. The summed E-state index contributed by atoms with van der Waals surface area (Å²) in [5.74, 6) is -1.78. The molecule has 3 N–H and O–H groups in total. The Morgan fingerprint density at radius 3 is 2.26 bits per heavy atom. The highest BCUT2D eigenvalue weighted by Gasteiger charge is 2.23. The molecule has 0 radical (unpaired) electrons. The summed E-state index contributed by atoms with van der Waals surface area (Å²) in [4.78, 5) is 37.2. The number of carbonyl (C=O) groups is 3. The molecule has 3 aromatic rings. The van der Waals surface area contributed by atoms with Gasteiger partial charge in [-0.15, -0.1) is 11.8 Å². The van der Waals surface area contributed by atoms with Gasteiger partial charge in [-0.3, -0.25) is 9.59 Å². The van der Waals surface area contributed by atoms with Crippen LogP contribution in [0.3, 0.4) is 0 Å². The van der Waals surface area contributed by atoms with Gasteiger partial charge in [0, 0.05) is 27.9 Å². The smallest absolute Gasteiger partial charge is 0.331 e. The average Bonchev–Trinajstić information content (AvgIpc) is 2.85. The molecule has 0 aromatic heterocycles. The largest absolute Gasteiger partial charge is 0.478 e. The fourth-order valence-corrected chi connectivity index (χ4v) is 4.51. The summed E-state index contributed by atoms with van der Waals surface area (Å²) in [6.07, 6.45) is 1.85. The maximum absolute atomic E-state index is 13.5. The van der Waals surface area contributed by atoms with Crippen LogP contribution in [0.2, 0.25) is 0 Å². The number of benzene rings is 3. The summed E-state index contributed by atoms with van der Waals surface area (Å²) in [6.45, 7) is 5.41. The molecule has 35 heavy (non-hydrogen) atoms. The molecule has 0 spiro atoms. The number of hydrogen-bond acceptors (Lipinski definition) is 4. The van der Waals surface area contributed by atoms with Crippen LogP contribution in [0, 0.1) is 6.92 Å². The molecular formula is C28H28N2O4S. The van der Waals surface area contributed by atoms with E-state index in [1.165, 1.54) is 18.7 Å². The molecule has 2 amide bonds. The predicted octanol–water partition coefficient (Wildman–Crippen LogP) is 6.00. The first kappa shape index (κ1) is 25.8. The van der Waals surface area contributed by atoms with Gasteiger partial charge in [-0.2, -0.15) is 0 Å². The highest BCUT2D eigenvalue weighted by molar-refractivity contribution is 8.00. The van der Waals surface area contributed by atoms with E-state index in [0.717, 1.165) is 39.8 Å². The van der Waals surface area contributed by atoms with E-state index in [2.05, 4.69) is 17.6 Å². The Hall–Kier alpha value is -3.84. The number of carboxylic acid groups (broad SMARTS) is 1. The monoisotopic (exact) mass is 488 g/mol. The van der Waals surface area contributed by atoms with Crippen LogP contribution in [0.4, 0.5) is 11.4 Å². The van der Waals surface area contributed by atoms with Gasteiger partial charge in [-0.25, -0.2) is 4.79 Å². The summed E-state index contributed by atoms with van der Waals surface area (Å²) in [6, 6.07) is 22.7. The second-order valence-corrected chi connectivity index (χ2v) is 9.19. The molecule has 6 nitrogen and oxygen atoms in total. The Balaban J connectivity index is 1.80. The van der Waals surface area contributed by atoms with E-state index >= 15 is 0 Å². The minimum absolute atomic E-state index is 0.0497. The Morgan fingerprint density at radius 1 is 0.943 bits per heavy atom. The minimum Gasteiger partial charge on any atom is -0.478 e. The molecule has 0 saturated carbocycles. The topological polar surface area (TPSA) is 95.5 Å². The quantitative estimate of drug-likeness (QED) is 0.254. The van der Waals surface area contributed by atoms with Gasteiger partial charge in [0.25, 0.3) is 0 Å². The Kier molecular flexibility index (Phi) is 8.86. The van der Waals surface area contributed by atoms with Crippen molar-refractivity contribution < 1.29 is 19.5 Å². The van der Waals surface area contributed by atoms with Crippen molar-refractivity contribution in [3.63, 3.8) is 0 Å². The standard InChI is InChI=1S/C28H28N2O4S/c1-4-20-12-8-9-18(2)25(20)30-27(32)26(21-10-6-5-7-11-21)35-23-15-13-22(14-16-23)29-24(31)17-19(3)28(33)34/h5-17,26H,4H2,1-3H3,(H,29,31)(H,30,32)(H,33,34)/b19-17+/t26-/m1/s1. The second kappa shape index (κ2) is 12.0. The highest BCUT2D eigenvalue weighted by Crippen LogP contribution is 2.37. The van der Waals surface area contributed by atoms with Gasteiger partial charge in [-0.1, -0.05) is 55.5 Å². The number of nitrogens with one attached hydrogen (secondary N) is 2. The van der Waals surface area contributed by atoms with Gasteiger partial charge in [0.05, 0.1) is 0 Å². The highest BCUT2D eigenvalue weighted by atomic mass is 32.2. The summed E-state index contributed by atoms with van der Waals surface area (Å²) in [5.41, 5.74) is 4.31. The zero-order valence-corrected chi connectivity index (χ0v) is 20.7. The van der Waals surface area contributed by atoms with Gasteiger partial charge in [0.15, 0.2) is 0 Å². The van der Waals surface area contributed by atoms with Crippen molar-refractivity contribution in [1.29, 1.82) is 0 Å². The number of aliphatic carboxylic acids is 1. The molecule has 0 bridgehead atoms. The Bertz CT molecular complexity index is 1240. The first-order valence-electron chi connectivity index (χ1n) is 11.2. The molecule has 0 saturated heterocycles. The Labute approximate surface area is 209 Å². The van der Waals surface area contributed by atoms with Crippen LogP contribution < -0.4 is 10.6 Å². The number of aryl methyl sites for hydroxylation is 2. The van der Waals surface area contributed by atoms with Crippen LogP contribution in [0.25, 0.3) is 0 Å². The molecule has 0 fully saturated rings. The lowest BCUT2D eigenvalue weighted by Crippen LogP contribution is -2.20. The number of rotatable bonds is 9. The first-order chi connectivity index (χ1) is 16.8. The lowest BCUT2D eigenvalue weighted by Gasteiger charge is -2.20. The van der Waals surface area contributed by atoms with E-state index in [1.807, 2.05) is 67.6 Å². The molecule has 0 aliphatic heterocycles. The number of anilines is 2. The zero-order chi connectivity index (χ0) is 25.4. The molecule has 0 aliphatic carbocycles. The maximum Gasteiger partial charge on any atom is 0.331 e. The number of para-hydroxylation sites is 1. The van der Waals surface area contributed by atoms with Crippen LogP contribution in [0.15, 0.2) is 89.3 Å². The van der Waals surface area contributed by atoms with Crippen LogP contribution in [0.5, 0.6) is 0 Å². The number of thioether (sulfide) groups is 1. The van der Waals surface area contributed by atoms with Gasteiger partial charge in [0.1, 0.15) is 5.25 Å². The lowest BCUT2D eigenvalue weighted by molar-refractivity contribution is -0.132. The van der Waals surface area contributed by atoms with Crippen molar-refractivity contribution in [1.82, 2.24) is 0 Å². The molecule has 180 valence electrons. The van der Waals surface area contributed by atoms with Crippen LogP contribution in [-0.4, -0.2) is 22.9 Å². The van der Waals surface area contributed by atoms with Crippen molar-refractivity contribution in [2.45, 2.75) is 37.3 Å². The van der Waals surface area contributed by atoms with Gasteiger partial charge in [0.2, 0.25) is 11.8 Å².